The fraction of sp³-hybridized carbons (Fsp3) is 0.375. The molecular formula is C16H18Cl2N4O2. The molecule has 128 valence electrons. The maximum Gasteiger partial charge on any atom is 0.321 e. The van der Waals surface area contributed by atoms with Crippen LogP contribution in [-0.4, -0.2) is 47.2 Å². The van der Waals surface area contributed by atoms with Gasteiger partial charge in [-0.15, -0.1) is 0 Å². The Hall–Kier alpha value is -1.76. The Morgan fingerprint density at radius 3 is 2.71 bits per heavy atom. The number of nitrogens with one attached hydrogen (secondary N) is 1. The lowest BCUT2D eigenvalue weighted by Gasteiger charge is -2.34. The number of carbonyl (C=O) groups excluding carboxylic acids is 1. The van der Waals surface area contributed by atoms with Gasteiger partial charge >= 0.3 is 6.03 Å². The van der Waals surface area contributed by atoms with Crippen molar-refractivity contribution in [1.82, 2.24) is 15.0 Å². The van der Waals surface area contributed by atoms with Crippen LogP contribution in [0, 0.1) is 6.92 Å². The van der Waals surface area contributed by atoms with Crippen LogP contribution in [0.3, 0.4) is 0 Å². The predicted octanol–water partition coefficient (Wildman–Crippen LogP) is 3.64. The van der Waals surface area contributed by atoms with Crippen molar-refractivity contribution < 1.29 is 9.32 Å². The lowest BCUT2D eigenvalue weighted by atomic mass is 10.3. The second-order valence-corrected chi connectivity index (χ2v) is 6.51. The molecule has 1 aromatic carbocycles. The molecule has 0 saturated carbocycles. The molecule has 1 saturated heterocycles. The van der Waals surface area contributed by atoms with Gasteiger partial charge in [0.1, 0.15) is 0 Å². The summed E-state index contributed by atoms with van der Waals surface area (Å²) in [7, 11) is 0. The molecule has 2 heterocycles. The number of halogens is 2. The van der Waals surface area contributed by atoms with Crippen LogP contribution in [0.5, 0.6) is 0 Å². The summed E-state index contributed by atoms with van der Waals surface area (Å²) >= 11 is 12.1. The van der Waals surface area contributed by atoms with Crippen LogP contribution in [0.4, 0.5) is 10.5 Å². The number of piperazine rings is 1. The van der Waals surface area contributed by atoms with Crippen molar-refractivity contribution in [3.05, 3.63) is 45.8 Å². The summed E-state index contributed by atoms with van der Waals surface area (Å²) in [6.45, 7) is 5.42. The van der Waals surface area contributed by atoms with Crippen molar-refractivity contribution in [1.29, 1.82) is 0 Å². The zero-order valence-corrected chi connectivity index (χ0v) is 14.8. The summed E-state index contributed by atoms with van der Waals surface area (Å²) in [5.41, 5.74) is 1.40. The van der Waals surface area contributed by atoms with Crippen molar-refractivity contribution in [3.8, 4) is 0 Å². The standard InChI is InChI=1S/C16H18Cl2N4O2/c1-11-9-12(24-20-11)10-21-5-7-22(8-6-21)16(23)19-14-4-2-3-13(17)15(14)18/h2-4,9H,5-8,10H2,1H3,(H,19,23). The van der Waals surface area contributed by atoms with Gasteiger partial charge in [-0.05, 0) is 19.1 Å². The summed E-state index contributed by atoms with van der Waals surface area (Å²) in [5, 5.41) is 7.47. The van der Waals surface area contributed by atoms with Crippen LogP contribution < -0.4 is 5.32 Å². The van der Waals surface area contributed by atoms with Gasteiger partial charge < -0.3 is 14.7 Å². The van der Waals surface area contributed by atoms with Crippen LogP contribution in [0.15, 0.2) is 28.8 Å². The van der Waals surface area contributed by atoms with Crippen molar-refractivity contribution in [2.45, 2.75) is 13.5 Å². The molecule has 1 fully saturated rings. The quantitative estimate of drug-likeness (QED) is 0.898. The number of carbonyl (C=O) groups is 1. The molecule has 1 aliphatic rings. The number of aryl methyl sites for hydroxylation is 1. The fourth-order valence-electron chi connectivity index (χ4n) is 2.61. The third-order valence-corrected chi connectivity index (χ3v) is 4.73. The highest BCUT2D eigenvalue weighted by molar-refractivity contribution is 6.43. The first-order valence-electron chi connectivity index (χ1n) is 7.67. The second-order valence-electron chi connectivity index (χ2n) is 5.73. The van der Waals surface area contributed by atoms with Gasteiger partial charge in [0.15, 0.2) is 5.76 Å². The first-order valence-corrected chi connectivity index (χ1v) is 8.43. The van der Waals surface area contributed by atoms with Crippen LogP contribution in [0.1, 0.15) is 11.5 Å². The van der Waals surface area contributed by atoms with Gasteiger partial charge in [0.2, 0.25) is 0 Å². The van der Waals surface area contributed by atoms with Crippen molar-refractivity contribution in [2.24, 2.45) is 0 Å². The van der Waals surface area contributed by atoms with Crippen LogP contribution in [0.25, 0.3) is 0 Å². The van der Waals surface area contributed by atoms with Gasteiger partial charge in [-0.1, -0.05) is 34.4 Å². The van der Waals surface area contributed by atoms with Gasteiger partial charge in [0, 0.05) is 32.2 Å². The van der Waals surface area contributed by atoms with E-state index in [1.165, 1.54) is 0 Å². The molecule has 6 nitrogen and oxygen atoms in total. The van der Waals surface area contributed by atoms with Crippen LogP contribution in [-0.2, 0) is 6.54 Å². The molecule has 1 N–H and O–H groups in total. The van der Waals surface area contributed by atoms with Gasteiger partial charge in [-0.2, -0.15) is 0 Å². The Labute approximate surface area is 150 Å². The average Bonchev–Trinajstić information content (AvgIpc) is 2.97. The Balaban J connectivity index is 1.52. The molecule has 2 amide bonds. The predicted molar refractivity (Wildman–Crippen MR) is 93.6 cm³/mol. The fourth-order valence-corrected chi connectivity index (χ4v) is 2.96. The molecule has 0 bridgehead atoms. The summed E-state index contributed by atoms with van der Waals surface area (Å²) in [6.07, 6.45) is 0. The van der Waals surface area contributed by atoms with E-state index in [-0.39, 0.29) is 6.03 Å². The minimum atomic E-state index is -0.172. The second kappa shape index (κ2) is 7.42. The third kappa shape index (κ3) is 4.01. The molecule has 1 aromatic heterocycles. The lowest BCUT2D eigenvalue weighted by Crippen LogP contribution is -2.49. The Morgan fingerprint density at radius 1 is 1.29 bits per heavy atom. The number of nitrogens with zero attached hydrogens (tertiary/aromatic N) is 3. The number of aromatic nitrogens is 1. The summed E-state index contributed by atoms with van der Waals surface area (Å²) < 4.78 is 5.23. The zero-order chi connectivity index (χ0) is 17.1. The van der Waals surface area contributed by atoms with E-state index >= 15 is 0 Å². The summed E-state index contributed by atoms with van der Waals surface area (Å²) in [5.74, 6) is 0.844. The number of urea groups is 1. The molecule has 2 aromatic rings. The first-order chi connectivity index (χ1) is 11.5. The third-order valence-electron chi connectivity index (χ3n) is 3.91. The number of anilines is 1. The highest BCUT2D eigenvalue weighted by Gasteiger charge is 2.22. The smallest absolute Gasteiger partial charge is 0.321 e. The summed E-state index contributed by atoms with van der Waals surface area (Å²) in [4.78, 5) is 16.4. The van der Waals surface area contributed by atoms with E-state index in [0.29, 0.717) is 35.4 Å². The maximum absolute atomic E-state index is 12.4. The number of benzene rings is 1. The number of rotatable bonds is 3. The first kappa shape index (κ1) is 17.1. The van der Waals surface area contributed by atoms with Gasteiger partial charge in [-0.25, -0.2) is 4.79 Å². The molecule has 24 heavy (non-hydrogen) atoms. The zero-order valence-electron chi connectivity index (χ0n) is 13.3. The van der Waals surface area contributed by atoms with Crippen molar-refractivity contribution >= 4 is 34.9 Å². The van der Waals surface area contributed by atoms with Gasteiger partial charge in [0.25, 0.3) is 0 Å². The molecule has 0 aliphatic carbocycles. The molecule has 1 aliphatic heterocycles. The molecule has 3 rings (SSSR count). The molecule has 0 unspecified atom stereocenters. The number of hydrogen-bond donors (Lipinski definition) is 1. The normalized spacial score (nSPS) is 15.5. The van der Waals surface area contributed by atoms with E-state index in [4.69, 9.17) is 27.7 Å². The van der Waals surface area contributed by atoms with Crippen molar-refractivity contribution in [2.75, 3.05) is 31.5 Å². The largest absolute Gasteiger partial charge is 0.360 e. The molecule has 0 spiro atoms. The van der Waals surface area contributed by atoms with E-state index in [2.05, 4.69) is 15.4 Å². The monoisotopic (exact) mass is 368 g/mol. The Morgan fingerprint density at radius 2 is 2.04 bits per heavy atom. The minimum absolute atomic E-state index is 0.172. The van der Waals surface area contributed by atoms with E-state index < -0.39 is 0 Å². The van der Waals surface area contributed by atoms with Crippen molar-refractivity contribution in [3.63, 3.8) is 0 Å². The van der Waals surface area contributed by atoms with E-state index in [9.17, 15) is 4.79 Å². The Kier molecular flexibility index (Phi) is 5.28. The summed E-state index contributed by atoms with van der Waals surface area (Å²) in [6, 6.07) is 6.92. The molecule has 0 radical (unpaired) electrons. The van der Waals surface area contributed by atoms with E-state index in [1.54, 1.807) is 23.1 Å². The molecule has 8 heteroatoms. The molecule has 0 atom stereocenters. The topological polar surface area (TPSA) is 61.6 Å². The average molecular weight is 369 g/mol. The highest BCUT2D eigenvalue weighted by Crippen LogP contribution is 2.29. The minimum Gasteiger partial charge on any atom is -0.360 e. The number of hydrogen-bond acceptors (Lipinski definition) is 4. The number of amides is 2. The van der Waals surface area contributed by atoms with Crippen LogP contribution in [0.2, 0.25) is 10.0 Å². The van der Waals surface area contributed by atoms with Gasteiger partial charge in [-0.3, -0.25) is 4.90 Å². The van der Waals surface area contributed by atoms with Gasteiger partial charge in [0.05, 0.1) is 28.0 Å². The van der Waals surface area contributed by atoms with E-state index in [0.717, 1.165) is 24.5 Å². The SMILES string of the molecule is Cc1cc(CN2CCN(C(=O)Nc3cccc(Cl)c3Cl)CC2)on1. The Bertz CT molecular complexity index is 727. The lowest BCUT2D eigenvalue weighted by molar-refractivity contribution is 0.134. The van der Waals surface area contributed by atoms with Crippen LogP contribution >= 0.6 is 23.2 Å². The highest BCUT2D eigenvalue weighted by atomic mass is 35.5. The molecular weight excluding hydrogens is 351 g/mol. The maximum atomic E-state index is 12.4. The van der Waals surface area contributed by atoms with E-state index in [1.807, 2.05) is 13.0 Å².